The molecule has 1 heterocycles. The van der Waals surface area contributed by atoms with Gasteiger partial charge in [0.1, 0.15) is 0 Å². The van der Waals surface area contributed by atoms with Crippen LogP contribution in [-0.2, 0) is 9.53 Å². The van der Waals surface area contributed by atoms with E-state index in [4.69, 9.17) is 14.2 Å². The molecule has 7 heteroatoms. The number of rotatable bonds is 8. The fraction of sp³-hybridized carbons (Fsp3) is 0.318. The molecule has 1 aliphatic heterocycles. The van der Waals surface area contributed by atoms with Crippen molar-refractivity contribution in [3.05, 3.63) is 53.6 Å². The van der Waals surface area contributed by atoms with Crippen LogP contribution in [-0.4, -0.2) is 44.5 Å². The monoisotopic (exact) mass is 397 g/mol. The summed E-state index contributed by atoms with van der Waals surface area (Å²) >= 11 is 0. The van der Waals surface area contributed by atoms with Crippen molar-refractivity contribution >= 4 is 23.3 Å². The highest BCUT2D eigenvalue weighted by Crippen LogP contribution is 2.28. The Hall–Kier alpha value is -3.35. The van der Waals surface area contributed by atoms with Gasteiger partial charge in [-0.25, -0.2) is 4.79 Å². The van der Waals surface area contributed by atoms with Crippen molar-refractivity contribution < 1.29 is 28.6 Å². The molecule has 2 aromatic rings. The van der Waals surface area contributed by atoms with E-state index in [-0.39, 0.29) is 17.3 Å². The molecule has 29 heavy (non-hydrogen) atoms. The predicted octanol–water partition coefficient (Wildman–Crippen LogP) is 3.26. The van der Waals surface area contributed by atoms with Gasteiger partial charge in [0.2, 0.25) is 5.91 Å². The van der Waals surface area contributed by atoms with Crippen molar-refractivity contribution in [2.24, 2.45) is 0 Å². The van der Waals surface area contributed by atoms with E-state index < -0.39 is 12.6 Å². The molecule has 1 amide bonds. The Labute approximate surface area is 169 Å². The molecule has 3 rings (SSSR count). The zero-order chi connectivity index (χ0) is 20.8. The Morgan fingerprint density at radius 1 is 1.07 bits per heavy atom. The van der Waals surface area contributed by atoms with E-state index in [1.165, 1.54) is 13.2 Å². The van der Waals surface area contributed by atoms with Crippen molar-refractivity contribution in [3.8, 4) is 11.5 Å². The number of carbonyl (C=O) groups excluding carboxylic acids is 3. The molecule has 1 fully saturated rings. The second-order valence-electron chi connectivity index (χ2n) is 6.50. The lowest BCUT2D eigenvalue weighted by molar-refractivity contribution is -0.117. The highest BCUT2D eigenvalue weighted by atomic mass is 16.5. The number of hydrogen-bond acceptors (Lipinski definition) is 6. The van der Waals surface area contributed by atoms with E-state index in [1.807, 2.05) is 6.92 Å². The number of Topliss-reactive ketones (excluding diaryl/α,β-unsaturated/α-hetero) is 1. The minimum absolute atomic E-state index is 0.0467. The third-order valence-corrected chi connectivity index (χ3v) is 4.59. The minimum Gasteiger partial charge on any atom is -0.493 e. The second-order valence-corrected chi connectivity index (χ2v) is 6.50. The normalized spacial score (nSPS) is 13.3. The van der Waals surface area contributed by atoms with Crippen molar-refractivity contribution in [1.82, 2.24) is 0 Å². The van der Waals surface area contributed by atoms with E-state index in [2.05, 4.69) is 0 Å². The average Bonchev–Trinajstić information content (AvgIpc) is 3.18. The smallest absolute Gasteiger partial charge is 0.338 e. The van der Waals surface area contributed by atoms with Crippen LogP contribution in [0.3, 0.4) is 0 Å². The Morgan fingerprint density at radius 3 is 2.59 bits per heavy atom. The van der Waals surface area contributed by atoms with Gasteiger partial charge in [-0.05, 0) is 43.7 Å². The molecule has 152 valence electrons. The van der Waals surface area contributed by atoms with Crippen molar-refractivity contribution in [3.63, 3.8) is 0 Å². The number of amides is 1. The summed E-state index contributed by atoms with van der Waals surface area (Å²) in [5.41, 5.74) is 1.33. The molecule has 2 aromatic carbocycles. The predicted molar refractivity (Wildman–Crippen MR) is 107 cm³/mol. The van der Waals surface area contributed by atoms with Gasteiger partial charge in [-0.15, -0.1) is 0 Å². The van der Waals surface area contributed by atoms with Gasteiger partial charge < -0.3 is 19.1 Å². The summed E-state index contributed by atoms with van der Waals surface area (Å²) in [6, 6.07) is 11.5. The number of anilines is 1. The van der Waals surface area contributed by atoms with Crippen molar-refractivity contribution in [1.29, 1.82) is 0 Å². The fourth-order valence-corrected chi connectivity index (χ4v) is 3.14. The first-order valence-corrected chi connectivity index (χ1v) is 9.45. The lowest BCUT2D eigenvalue weighted by Crippen LogP contribution is -2.24. The molecule has 0 N–H and O–H groups in total. The summed E-state index contributed by atoms with van der Waals surface area (Å²) in [6.07, 6.45) is 1.32. The molecule has 0 saturated carbocycles. The van der Waals surface area contributed by atoms with Crippen molar-refractivity contribution in [2.45, 2.75) is 19.8 Å². The van der Waals surface area contributed by atoms with Crippen LogP contribution < -0.4 is 14.4 Å². The number of benzene rings is 2. The van der Waals surface area contributed by atoms with Gasteiger partial charge in [-0.1, -0.05) is 12.1 Å². The Balaban J connectivity index is 1.65. The molecule has 0 atom stereocenters. The molecule has 0 bridgehead atoms. The zero-order valence-electron chi connectivity index (χ0n) is 16.5. The van der Waals surface area contributed by atoms with Crippen LogP contribution in [0.25, 0.3) is 0 Å². The Kier molecular flexibility index (Phi) is 6.49. The summed E-state index contributed by atoms with van der Waals surface area (Å²) in [7, 11) is 1.48. The van der Waals surface area contributed by atoms with E-state index in [0.29, 0.717) is 42.3 Å². The number of ketones is 1. The number of hydrogen-bond donors (Lipinski definition) is 0. The molecule has 0 radical (unpaired) electrons. The molecular formula is C22H23NO6. The molecular weight excluding hydrogens is 374 g/mol. The fourth-order valence-electron chi connectivity index (χ4n) is 3.14. The quantitative estimate of drug-likeness (QED) is 0.502. The molecule has 0 aromatic heterocycles. The van der Waals surface area contributed by atoms with Crippen molar-refractivity contribution in [2.75, 3.05) is 31.8 Å². The molecule has 1 aliphatic rings. The summed E-state index contributed by atoms with van der Waals surface area (Å²) in [5, 5.41) is 0. The lowest BCUT2D eigenvalue weighted by atomic mass is 10.1. The molecule has 0 aliphatic carbocycles. The number of esters is 1. The van der Waals surface area contributed by atoms with Crippen LogP contribution in [0.4, 0.5) is 5.69 Å². The largest absolute Gasteiger partial charge is 0.493 e. The first kappa shape index (κ1) is 20.4. The standard InChI is InChI=1S/C22H23NO6/c1-3-28-19-10-9-16(13-20(19)27-2)22(26)29-14-18(24)15-6-4-7-17(12-15)23-11-5-8-21(23)25/h4,6-7,9-10,12-13H,3,5,8,11,14H2,1-2H3. The summed E-state index contributed by atoms with van der Waals surface area (Å²) in [5.74, 6) is 0.00676. The van der Waals surface area contributed by atoms with Crippen LogP contribution >= 0.6 is 0 Å². The highest BCUT2D eigenvalue weighted by Gasteiger charge is 2.22. The highest BCUT2D eigenvalue weighted by molar-refractivity contribution is 6.01. The molecule has 1 saturated heterocycles. The first-order valence-electron chi connectivity index (χ1n) is 9.45. The third kappa shape index (κ3) is 4.74. The number of nitrogens with zero attached hydrogens (tertiary/aromatic N) is 1. The summed E-state index contributed by atoms with van der Waals surface area (Å²) in [4.78, 5) is 38.3. The Bertz CT molecular complexity index is 923. The Morgan fingerprint density at radius 2 is 1.90 bits per heavy atom. The van der Waals surface area contributed by atoms with E-state index in [1.54, 1.807) is 41.3 Å². The van der Waals surface area contributed by atoms with Gasteiger partial charge in [0.15, 0.2) is 23.9 Å². The maximum Gasteiger partial charge on any atom is 0.338 e. The minimum atomic E-state index is -0.634. The summed E-state index contributed by atoms with van der Waals surface area (Å²) < 4.78 is 15.8. The van der Waals surface area contributed by atoms with Gasteiger partial charge in [0.25, 0.3) is 0 Å². The first-order chi connectivity index (χ1) is 14.0. The zero-order valence-corrected chi connectivity index (χ0v) is 16.5. The maximum absolute atomic E-state index is 12.5. The van der Waals surface area contributed by atoms with Gasteiger partial charge in [-0.3, -0.25) is 9.59 Å². The van der Waals surface area contributed by atoms with Crippen LogP contribution in [0.15, 0.2) is 42.5 Å². The number of ether oxygens (including phenoxy) is 3. The number of methoxy groups -OCH3 is 1. The van der Waals surface area contributed by atoms with Crippen LogP contribution in [0.1, 0.15) is 40.5 Å². The van der Waals surface area contributed by atoms with Gasteiger partial charge in [-0.2, -0.15) is 0 Å². The van der Waals surface area contributed by atoms with Gasteiger partial charge in [0.05, 0.1) is 19.3 Å². The van der Waals surface area contributed by atoms with Crippen LogP contribution in [0, 0.1) is 0 Å². The third-order valence-electron chi connectivity index (χ3n) is 4.59. The van der Waals surface area contributed by atoms with Crippen LogP contribution in [0.5, 0.6) is 11.5 Å². The lowest BCUT2D eigenvalue weighted by Gasteiger charge is -2.16. The second kappa shape index (κ2) is 9.23. The van der Waals surface area contributed by atoms with Crippen LogP contribution in [0.2, 0.25) is 0 Å². The average molecular weight is 397 g/mol. The van der Waals surface area contributed by atoms with E-state index in [0.717, 1.165) is 6.42 Å². The molecule has 0 spiro atoms. The van der Waals surface area contributed by atoms with E-state index in [9.17, 15) is 14.4 Å². The topological polar surface area (TPSA) is 82.1 Å². The molecule has 7 nitrogen and oxygen atoms in total. The molecule has 0 unspecified atom stereocenters. The number of carbonyl (C=O) groups is 3. The van der Waals surface area contributed by atoms with Gasteiger partial charge >= 0.3 is 5.97 Å². The maximum atomic E-state index is 12.5. The summed E-state index contributed by atoms with van der Waals surface area (Å²) in [6.45, 7) is 2.56. The SMILES string of the molecule is CCOc1ccc(C(=O)OCC(=O)c2cccc(N3CCCC3=O)c2)cc1OC. The van der Waals surface area contributed by atoms with E-state index >= 15 is 0 Å². The van der Waals surface area contributed by atoms with Gasteiger partial charge in [0, 0.05) is 24.2 Å².